The normalized spacial score (nSPS) is 16.5. The molecule has 0 bridgehead atoms. The largest absolute Gasteiger partial charge is 0.464 e. The van der Waals surface area contributed by atoms with E-state index in [-0.39, 0.29) is 25.2 Å². The number of piperidine rings is 1. The Morgan fingerprint density at radius 3 is 2.54 bits per heavy atom. The first kappa shape index (κ1) is 22.1. The molecule has 7 nitrogen and oxygen atoms in total. The van der Waals surface area contributed by atoms with Crippen LogP contribution in [0.3, 0.4) is 0 Å². The van der Waals surface area contributed by atoms with Crippen LogP contribution >= 0.6 is 11.3 Å². The molecule has 1 amide bonds. The molecule has 1 unspecified atom stereocenters. The van der Waals surface area contributed by atoms with Crippen molar-refractivity contribution in [2.45, 2.75) is 58.9 Å². The van der Waals surface area contributed by atoms with Crippen LogP contribution in [0.15, 0.2) is 6.07 Å². The zero-order chi connectivity index (χ0) is 20.7. The number of carbonyl (C=O) groups excluding carboxylic acids is 4. The average Bonchev–Trinajstić information content (AvgIpc) is 3.02. The van der Waals surface area contributed by atoms with E-state index in [9.17, 15) is 19.2 Å². The van der Waals surface area contributed by atoms with E-state index in [4.69, 9.17) is 9.47 Å². The average molecular weight is 410 g/mol. The number of aryl methyl sites for hydroxylation is 2. The summed E-state index contributed by atoms with van der Waals surface area (Å²) in [7, 11) is 0. The lowest BCUT2D eigenvalue weighted by molar-refractivity contribution is -0.160. The number of hydrogen-bond donors (Lipinski definition) is 0. The van der Waals surface area contributed by atoms with E-state index in [0.29, 0.717) is 18.5 Å². The Kier molecular flexibility index (Phi) is 8.17. The molecule has 8 heteroatoms. The van der Waals surface area contributed by atoms with Crippen LogP contribution in [0.25, 0.3) is 0 Å². The van der Waals surface area contributed by atoms with E-state index in [1.54, 1.807) is 18.3 Å². The Labute approximate surface area is 169 Å². The van der Waals surface area contributed by atoms with Gasteiger partial charge in [-0.1, -0.05) is 0 Å². The molecule has 0 saturated carbocycles. The molecule has 0 aliphatic carbocycles. The second-order valence-corrected chi connectivity index (χ2v) is 8.22. The number of esters is 2. The smallest absolute Gasteiger partial charge is 0.328 e. The summed E-state index contributed by atoms with van der Waals surface area (Å²) in [6, 6.07) is 1.20. The van der Waals surface area contributed by atoms with E-state index >= 15 is 0 Å². The molecule has 1 aromatic heterocycles. The number of ketones is 1. The van der Waals surface area contributed by atoms with Crippen LogP contribution in [0.5, 0.6) is 0 Å². The third-order valence-electron chi connectivity index (χ3n) is 4.64. The highest BCUT2D eigenvalue weighted by Crippen LogP contribution is 2.22. The minimum Gasteiger partial charge on any atom is -0.464 e. The van der Waals surface area contributed by atoms with Crippen molar-refractivity contribution >= 4 is 35.0 Å². The Bertz CT molecular complexity index is 741. The molecule has 1 fully saturated rings. The summed E-state index contributed by atoms with van der Waals surface area (Å²) in [6.07, 6.45) is 2.15. The molecular weight excluding hydrogens is 382 g/mol. The van der Waals surface area contributed by atoms with E-state index in [1.807, 2.05) is 19.9 Å². The van der Waals surface area contributed by atoms with Crippen LogP contribution < -0.4 is 0 Å². The molecule has 0 N–H and O–H groups in total. The highest BCUT2D eigenvalue weighted by atomic mass is 32.1. The quantitative estimate of drug-likeness (QED) is 0.484. The van der Waals surface area contributed by atoms with Gasteiger partial charge < -0.3 is 14.4 Å². The molecule has 0 radical (unpaired) electrons. The van der Waals surface area contributed by atoms with Gasteiger partial charge in [-0.3, -0.25) is 14.4 Å². The van der Waals surface area contributed by atoms with Gasteiger partial charge in [-0.2, -0.15) is 0 Å². The van der Waals surface area contributed by atoms with Gasteiger partial charge >= 0.3 is 11.9 Å². The molecule has 1 atom stereocenters. The Balaban J connectivity index is 1.81. The highest BCUT2D eigenvalue weighted by molar-refractivity contribution is 7.12. The van der Waals surface area contributed by atoms with Gasteiger partial charge in [0.1, 0.15) is 6.04 Å². The van der Waals surface area contributed by atoms with Gasteiger partial charge in [0.25, 0.3) is 5.91 Å². The minimum atomic E-state index is -0.619. The van der Waals surface area contributed by atoms with Gasteiger partial charge in [-0.25, -0.2) is 4.79 Å². The summed E-state index contributed by atoms with van der Waals surface area (Å²) in [4.78, 5) is 52.0. The van der Waals surface area contributed by atoms with Crippen molar-refractivity contribution in [2.75, 3.05) is 19.8 Å². The first-order valence-corrected chi connectivity index (χ1v) is 10.4. The molecule has 1 aliphatic heterocycles. The molecule has 0 aromatic carbocycles. The molecule has 2 heterocycles. The Hall–Kier alpha value is -2.22. The van der Waals surface area contributed by atoms with E-state index < -0.39 is 30.5 Å². The number of amides is 1. The van der Waals surface area contributed by atoms with Crippen molar-refractivity contribution in [1.82, 2.24) is 4.90 Å². The van der Waals surface area contributed by atoms with Crippen molar-refractivity contribution in [1.29, 1.82) is 0 Å². The zero-order valence-corrected chi connectivity index (χ0v) is 17.4. The molecule has 2 rings (SSSR count). The predicted octanol–water partition coefficient (Wildman–Crippen LogP) is 2.82. The standard InChI is InChI=1S/C20H27NO6S/c1-4-26-20(25)16-7-5-6-10-21(16)18(23)12-27-19(24)9-8-17(22)15-11-13(2)28-14(15)3/h11,16H,4-10,12H2,1-3H3. The monoisotopic (exact) mass is 409 g/mol. The maximum Gasteiger partial charge on any atom is 0.328 e. The van der Waals surface area contributed by atoms with Crippen molar-refractivity contribution in [3.05, 3.63) is 21.4 Å². The Morgan fingerprint density at radius 1 is 1.14 bits per heavy atom. The lowest BCUT2D eigenvalue weighted by Crippen LogP contribution is -2.50. The minimum absolute atomic E-state index is 0.0409. The van der Waals surface area contributed by atoms with Gasteiger partial charge in [0.2, 0.25) is 0 Å². The van der Waals surface area contributed by atoms with Crippen LogP contribution in [0.4, 0.5) is 0 Å². The van der Waals surface area contributed by atoms with Crippen molar-refractivity contribution < 1.29 is 28.7 Å². The summed E-state index contributed by atoms with van der Waals surface area (Å²) in [5, 5.41) is 0. The molecular formula is C20H27NO6S. The van der Waals surface area contributed by atoms with Crippen molar-refractivity contribution in [2.24, 2.45) is 0 Å². The number of rotatable bonds is 8. The first-order chi connectivity index (χ1) is 13.3. The number of hydrogen-bond acceptors (Lipinski definition) is 7. The van der Waals surface area contributed by atoms with Gasteiger partial charge in [-0.15, -0.1) is 11.3 Å². The third-order valence-corrected chi connectivity index (χ3v) is 5.60. The summed E-state index contributed by atoms with van der Waals surface area (Å²) >= 11 is 1.54. The van der Waals surface area contributed by atoms with Crippen LogP contribution in [0.1, 0.15) is 59.1 Å². The summed E-state index contributed by atoms with van der Waals surface area (Å²) in [5.74, 6) is -1.55. The van der Waals surface area contributed by atoms with E-state index in [2.05, 4.69) is 0 Å². The second-order valence-electron chi connectivity index (χ2n) is 6.76. The fourth-order valence-corrected chi connectivity index (χ4v) is 4.21. The van der Waals surface area contributed by atoms with Gasteiger partial charge in [0.05, 0.1) is 13.0 Å². The lowest BCUT2D eigenvalue weighted by Gasteiger charge is -2.33. The number of carbonyl (C=O) groups is 4. The topological polar surface area (TPSA) is 90.0 Å². The summed E-state index contributed by atoms with van der Waals surface area (Å²) in [6.45, 7) is 5.78. The summed E-state index contributed by atoms with van der Waals surface area (Å²) in [5.41, 5.74) is 0.636. The van der Waals surface area contributed by atoms with Crippen LogP contribution in [0, 0.1) is 13.8 Å². The predicted molar refractivity (Wildman–Crippen MR) is 104 cm³/mol. The van der Waals surface area contributed by atoms with Crippen LogP contribution in [-0.4, -0.2) is 54.3 Å². The van der Waals surface area contributed by atoms with Crippen molar-refractivity contribution in [3.63, 3.8) is 0 Å². The van der Waals surface area contributed by atoms with Gasteiger partial charge in [0.15, 0.2) is 12.4 Å². The number of nitrogens with zero attached hydrogens (tertiary/aromatic N) is 1. The summed E-state index contributed by atoms with van der Waals surface area (Å²) < 4.78 is 10.1. The SMILES string of the molecule is CCOC(=O)C1CCCCN1C(=O)COC(=O)CCC(=O)c1cc(C)sc1C. The first-order valence-electron chi connectivity index (χ1n) is 9.55. The molecule has 28 heavy (non-hydrogen) atoms. The molecule has 0 spiro atoms. The van der Waals surface area contributed by atoms with Crippen LogP contribution in [-0.2, 0) is 23.9 Å². The van der Waals surface area contributed by atoms with E-state index in [0.717, 1.165) is 22.6 Å². The maximum absolute atomic E-state index is 12.4. The highest BCUT2D eigenvalue weighted by Gasteiger charge is 2.33. The zero-order valence-electron chi connectivity index (χ0n) is 16.6. The fraction of sp³-hybridized carbons (Fsp3) is 0.600. The number of ether oxygens (including phenoxy) is 2. The molecule has 1 aromatic rings. The van der Waals surface area contributed by atoms with E-state index in [1.165, 1.54) is 4.90 Å². The third kappa shape index (κ3) is 5.89. The van der Waals surface area contributed by atoms with Crippen LogP contribution in [0.2, 0.25) is 0 Å². The maximum atomic E-state index is 12.4. The van der Waals surface area contributed by atoms with Crippen molar-refractivity contribution in [3.8, 4) is 0 Å². The van der Waals surface area contributed by atoms with Gasteiger partial charge in [-0.05, 0) is 46.1 Å². The Morgan fingerprint density at radius 2 is 1.89 bits per heavy atom. The number of thiophene rings is 1. The molecule has 1 aliphatic rings. The molecule has 154 valence electrons. The number of Topliss-reactive ketones (excluding diaryl/α,β-unsaturated/α-hetero) is 1. The second kappa shape index (κ2) is 10.4. The molecule has 1 saturated heterocycles. The van der Waals surface area contributed by atoms with Gasteiger partial charge in [0, 0.05) is 28.3 Å². The fourth-order valence-electron chi connectivity index (χ4n) is 3.27. The number of likely N-dealkylation sites (tertiary alicyclic amines) is 1. The lowest BCUT2D eigenvalue weighted by atomic mass is 10.0.